The van der Waals surface area contributed by atoms with Gasteiger partial charge < -0.3 is 18.9 Å². The van der Waals surface area contributed by atoms with Crippen LogP contribution < -0.4 is 14.2 Å². The molecule has 2 aromatic carbocycles. The fraction of sp³-hybridized carbons (Fsp3) is 0.200. The molecule has 0 atom stereocenters. The molecule has 6 nitrogen and oxygen atoms in total. The van der Waals surface area contributed by atoms with Crippen molar-refractivity contribution in [3.63, 3.8) is 0 Å². The highest BCUT2D eigenvalue weighted by Gasteiger charge is 2.21. The van der Waals surface area contributed by atoms with Crippen molar-refractivity contribution in [3.8, 4) is 17.2 Å². The van der Waals surface area contributed by atoms with Crippen LogP contribution in [0.15, 0.2) is 48.7 Å². The van der Waals surface area contributed by atoms with Gasteiger partial charge in [-0.1, -0.05) is 24.3 Å². The van der Waals surface area contributed by atoms with Crippen LogP contribution in [-0.2, 0) is 11.3 Å². The highest BCUT2D eigenvalue weighted by atomic mass is 16.6. The molecule has 1 aliphatic heterocycles. The molecule has 0 saturated carbocycles. The number of methoxy groups -OCH3 is 1. The van der Waals surface area contributed by atoms with Gasteiger partial charge in [-0.3, -0.25) is 4.98 Å². The van der Waals surface area contributed by atoms with Gasteiger partial charge in [0.25, 0.3) is 0 Å². The summed E-state index contributed by atoms with van der Waals surface area (Å²) in [6.45, 7) is 1.00. The Kier molecular flexibility index (Phi) is 4.31. The maximum Gasteiger partial charge on any atom is 0.338 e. The lowest BCUT2D eigenvalue weighted by molar-refractivity contribution is 0.0472. The first-order chi connectivity index (χ1) is 12.8. The molecule has 4 rings (SSSR count). The molecule has 1 aromatic heterocycles. The Morgan fingerprint density at radius 1 is 1.15 bits per heavy atom. The van der Waals surface area contributed by atoms with E-state index in [-0.39, 0.29) is 6.61 Å². The van der Waals surface area contributed by atoms with Crippen LogP contribution in [0.2, 0.25) is 0 Å². The molecule has 0 radical (unpaired) electrons. The smallest absolute Gasteiger partial charge is 0.338 e. The number of fused-ring (bicyclic) bond motifs is 2. The first-order valence-corrected chi connectivity index (χ1v) is 8.23. The summed E-state index contributed by atoms with van der Waals surface area (Å²) in [5.41, 5.74) is 2.02. The Hall–Kier alpha value is -3.28. The quantitative estimate of drug-likeness (QED) is 0.672. The molecule has 1 aliphatic rings. The molecule has 0 bridgehead atoms. The average molecular weight is 351 g/mol. The van der Waals surface area contributed by atoms with E-state index in [1.54, 1.807) is 18.3 Å². The molecule has 26 heavy (non-hydrogen) atoms. The van der Waals surface area contributed by atoms with Crippen LogP contribution >= 0.6 is 0 Å². The van der Waals surface area contributed by atoms with Crippen molar-refractivity contribution >= 4 is 16.9 Å². The summed E-state index contributed by atoms with van der Waals surface area (Å²) in [5, 5.41) is 1.00. The second-order valence-electron chi connectivity index (χ2n) is 5.77. The lowest BCUT2D eigenvalue weighted by Crippen LogP contribution is -2.17. The fourth-order valence-corrected chi connectivity index (χ4v) is 2.90. The number of nitrogens with zero attached hydrogens (tertiary/aromatic N) is 1. The van der Waals surface area contributed by atoms with Crippen LogP contribution in [0.25, 0.3) is 10.9 Å². The SMILES string of the molecule is COc1cc(C(=O)OCc2cccc3cccnc23)cc2c1OCCO2. The minimum absolute atomic E-state index is 0.129. The number of aromatic nitrogens is 1. The van der Waals surface area contributed by atoms with Crippen LogP contribution in [0.1, 0.15) is 15.9 Å². The van der Waals surface area contributed by atoms with Gasteiger partial charge in [-0.05, 0) is 18.2 Å². The van der Waals surface area contributed by atoms with Gasteiger partial charge in [-0.25, -0.2) is 4.79 Å². The van der Waals surface area contributed by atoms with E-state index in [4.69, 9.17) is 18.9 Å². The van der Waals surface area contributed by atoms with Gasteiger partial charge >= 0.3 is 5.97 Å². The van der Waals surface area contributed by atoms with Gasteiger partial charge in [-0.15, -0.1) is 0 Å². The molecule has 2 heterocycles. The second kappa shape index (κ2) is 6.92. The highest BCUT2D eigenvalue weighted by molar-refractivity contribution is 5.91. The first kappa shape index (κ1) is 16.2. The largest absolute Gasteiger partial charge is 0.493 e. The Morgan fingerprint density at radius 2 is 2.00 bits per heavy atom. The van der Waals surface area contributed by atoms with E-state index in [1.807, 2.05) is 30.3 Å². The zero-order valence-electron chi connectivity index (χ0n) is 14.2. The van der Waals surface area contributed by atoms with Crippen LogP contribution in [0, 0.1) is 0 Å². The number of ether oxygens (including phenoxy) is 4. The Morgan fingerprint density at radius 3 is 2.88 bits per heavy atom. The predicted molar refractivity (Wildman–Crippen MR) is 94.8 cm³/mol. The number of hydrogen-bond acceptors (Lipinski definition) is 6. The minimum atomic E-state index is -0.465. The van der Waals surface area contributed by atoms with Crippen LogP contribution in [0.5, 0.6) is 17.2 Å². The molecule has 0 aliphatic carbocycles. The van der Waals surface area contributed by atoms with Crippen LogP contribution in [0.3, 0.4) is 0 Å². The van der Waals surface area contributed by atoms with Crippen molar-refractivity contribution in [2.75, 3.05) is 20.3 Å². The van der Waals surface area contributed by atoms with E-state index >= 15 is 0 Å². The Bertz CT molecular complexity index is 947. The third kappa shape index (κ3) is 3.01. The molecule has 0 spiro atoms. The van der Waals surface area contributed by atoms with Crippen molar-refractivity contribution in [1.29, 1.82) is 0 Å². The van der Waals surface area contributed by atoms with E-state index in [9.17, 15) is 4.79 Å². The molecule has 3 aromatic rings. The van der Waals surface area contributed by atoms with Crippen molar-refractivity contribution in [2.45, 2.75) is 6.61 Å². The predicted octanol–water partition coefficient (Wildman–Crippen LogP) is 3.37. The summed E-state index contributed by atoms with van der Waals surface area (Å²) in [5.74, 6) is 0.970. The molecule has 0 unspecified atom stereocenters. The summed E-state index contributed by atoms with van der Waals surface area (Å²) in [4.78, 5) is 16.9. The zero-order chi connectivity index (χ0) is 17.9. The second-order valence-corrected chi connectivity index (χ2v) is 5.77. The number of carbonyl (C=O) groups excluding carboxylic acids is 1. The number of para-hydroxylation sites is 1. The summed E-state index contributed by atoms with van der Waals surface area (Å²) in [6, 6.07) is 12.8. The third-order valence-corrected chi connectivity index (χ3v) is 4.14. The summed E-state index contributed by atoms with van der Waals surface area (Å²) < 4.78 is 21.9. The molecular weight excluding hydrogens is 334 g/mol. The number of esters is 1. The Balaban J connectivity index is 1.57. The average Bonchev–Trinajstić information content (AvgIpc) is 2.71. The van der Waals surface area contributed by atoms with E-state index < -0.39 is 5.97 Å². The van der Waals surface area contributed by atoms with Crippen molar-refractivity contribution in [2.24, 2.45) is 0 Å². The van der Waals surface area contributed by atoms with Gasteiger partial charge in [0.2, 0.25) is 5.75 Å². The van der Waals surface area contributed by atoms with Crippen molar-refractivity contribution < 1.29 is 23.7 Å². The normalized spacial score (nSPS) is 12.7. The number of pyridine rings is 1. The van der Waals surface area contributed by atoms with E-state index in [2.05, 4.69) is 4.98 Å². The van der Waals surface area contributed by atoms with E-state index in [1.165, 1.54) is 7.11 Å². The lowest BCUT2D eigenvalue weighted by Gasteiger charge is -2.21. The summed E-state index contributed by atoms with van der Waals surface area (Å²) in [6.07, 6.45) is 1.72. The zero-order valence-corrected chi connectivity index (χ0v) is 14.2. The molecule has 132 valence electrons. The minimum Gasteiger partial charge on any atom is -0.493 e. The fourth-order valence-electron chi connectivity index (χ4n) is 2.90. The van der Waals surface area contributed by atoms with Crippen LogP contribution in [-0.4, -0.2) is 31.3 Å². The van der Waals surface area contributed by atoms with Gasteiger partial charge in [0, 0.05) is 17.1 Å². The molecule has 0 saturated heterocycles. The summed E-state index contributed by atoms with van der Waals surface area (Å²) in [7, 11) is 1.52. The van der Waals surface area contributed by atoms with Crippen molar-refractivity contribution in [1.82, 2.24) is 4.98 Å². The van der Waals surface area contributed by atoms with Gasteiger partial charge in [0.05, 0.1) is 18.2 Å². The van der Waals surface area contributed by atoms with Gasteiger partial charge in [0.1, 0.15) is 19.8 Å². The molecule has 6 heteroatoms. The number of hydrogen-bond donors (Lipinski definition) is 0. The Labute approximate surface area is 150 Å². The molecule has 0 N–H and O–H groups in total. The summed E-state index contributed by atoms with van der Waals surface area (Å²) >= 11 is 0. The highest BCUT2D eigenvalue weighted by Crippen LogP contribution is 2.40. The topological polar surface area (TPSA) is 66.9 Å². The number of carbonyl (C=O) groups is 1. The first-order valence-electron chi connectivity index (χ1n) is 8.23. The lowest BCUT2D eigenvalue weighted by atomic mass is 10.1. The maximum absolute atomic E-state index is 12.5. The van der Waals surface area contributed by atoms with Gasteiger partial charge in [-0.2, -0.15) is 0 Å². The van der Waals surface area contributed by atoms with Crippen molar-refractivity contribution in [3.05, 3.63) is 59.8 Å². The van der Waals surface area contributed by atoms with E-state index in [0.29, 0.717) is 36.0 Å². The van der Waals surface area contributed by atoms with E-state index in [0.717, 1.165) is 16.5 Å². The molecule has 0 amide bonds. The maximum atomic E-state index is 12.5. The standard InChI is InChI=1S/C20H17NO5/c1-23-16-10-15(11-17-19(16)25-9-8-24-17)20(22)26-12-14-5-2-4-13-6-3-7-21-18(13)14/h2-7,10-11H,8-9,12H2,1H3. The third-order valence-electron chi connectivity index (χ3n) is 4.14. The number of rotatable bonds is 4. The molecule has 0 fully saturated rings. The number of benzene rings is 2. The molecular formula is C20H17NO5. The van der Waals surface area contributed by atoms with Crippen LogP contribution in [0.4, 0.5) is 0 Å². The monoisotopic (exact) mass is 351 g/mol. The van der Waals surface area contributed by atoms with Gasteiger partial charge in [0.15, 0.2) is 11.5 Å².